The minimum absolute atomic E-state index is 0.0392. The van der Waals surface area contributed by atoms with Crippen molar-refractivity contribution in [3.05, 3.63) is 0 Å². The first-order valence-corrected chi connectivity index (χ1v) is 10.0. The molecule has 132 valence electrons. The van der Waals surface area contributed by atoms with Gasteiger partial charge in [0.25, 0.3) is 0 Å². The van der Waals surface area contributed by atoms with E-state index < -0.39 is 0 Å². The second kappa shape index (κ2) is 7.81. The SMILES string of the molecule is C=NC1CCC(C2CCC(C#N)(C3CCC(N=C)CC3)CC2)CC1. The molecule has 3 nitrogen and oxygen atoms in total. The molecule has 0 amide bonds. The summed E-state index contributed by atoms with van der Waals surface area (Å²) in [4.78, 5) is 8.45. The topological polar surface area (TPSA) is 48.5 Å². The Morgan fingerprint density at radius 1 is 0.708 bits per heavy atom. The van der Waals surface area contributed by atoms with Crippen LogP contribution in [-0.2, 0) is 0 Å². The standard InChI is InChI=1S/C21H33N3/c1-23-19-7-3-16(4-8-19)17-11-13-21(15-22,14-12-17)18-5-9-20(24-2)10-6-18/h16-20H,1-14H2. The van der Waals surface area contributed by atoms with Gasteiger partial charge in [0.15, 0.2) is 0 Å². The average Bonchev–Trinajstić information content (AvgIpc) is 2.68. The van der Waals surface area contributed by atoms with Crippen molar-refractivity contribution in [2.45, 2.75) is 89.1 Å². The lowest BCUT2D eigenvalue weighted by atomic mass is 9.58. The Balaban J connectivity index is 1.54. The number of nitriles is 1. The Bertz CT molecular complexity index is 468. The lowest BCUT2D eigenvalue weighted by molar-refractivity contribution is 0.0712. The molecule has 0 radical (unpaired) electrons. The first-order valence-electron chi connectivity index (χ1n) is 10.0. The fraction of sp³-hybridized carbons (Fsp3) is 0.857. The third kappa shape index (κ3) is 3.58. The van der Waals surface area contributed by atoms with Crippen molar-refractivity contribution >= 4 is 13.4 Å². The first-order chi connectivity index (χ1) is 11.7. The number of aliphatic imine (C=N–C) groups is 2. The van der Waals surface area contributed by atoms with Gasteiger partial charge in [-0.2, -0.15) is 5.26 Å². The van der Waals surface area contributed by atoms with Gasteiger partial charge in [0.1, 0.15) is 0 Å². The third-order valence-corrected chi connectivity index (χ3v) is 7.55. The summed E-state index contributed by atoms with van der Waals surface area (Å²) in [5.74, 6) is 2.32. The summed E-state index contributed by atoms with van der Waals surface area (Å²) in [6.07, 6.45) is 14.5. The molecule has 3 rings (SSSR count). The molecule has 0 bridgehead atoms. The molecule has 0 unspecified atom stereocenters. The van der Waals surface area contributed by atoms with Crippen molar-refractivity contribution in [1.82, 2.24) is 0 Å². The van der Waals surface area contributed by atoms with Crippen molar-refractivity contribution in [2.24, 2.45) is 33.2 Å². The van der Waals surface area contributed by atoms with E-state index in [1.54, 1.807) is 0 Å². The average molecular weight is 328 g/mol. The summed E-state index contributed by atoms with van der Waals surface area (Å²) in [6.45, 7) is 7.43. The molecule has 3 heteroatoms. The Morgan fingerprint density at radius 3 is 1.62 bits per heavy atom. The number of hydrogen-bond donors (Lipinski definition) is 0. The molecule has 0 atom stereocenters. The van der Waals surface area contributed by atoms with Gasteiger partial charge < -0.3 is 0 Å². The van der Waals surface area contributed by atoms with E-state index in [-0.39, 0.29) is 5.41 Å². The van der Waals surface area contributed by atoms with E-state index in [1.807, 2.05) is 0 Å². The van der Waals surface area contributed by atoms with Gasteiger partial charge in [-0.25, -0.2) is 0 Å². The minimum atomic E-state index is -0.0392. The predicted molar refractivity (Wildman–Crippen MR) is 101 cm³/mol. The van der Waals surface area contributed by atoms with Crippen LogP contribution in [0.3, 0.4) is 0 Å². The van der Waals surface area contributed by atoms with Crippen molar-refractivity contribution in [2.75, 3.05) is 0 Å². The monoisotopic (exact) mass is 327 g/mol. The van der Waals surface area contributed by atoms with Gasteiger partial charge in [0.2, 0.25) is 0 Å². The van der Waals surface area contributed by atoms with Crippen LogP contribution in [0, 0.1) is 34.5 Å². The highest BCUT2D eigenvalue weighted by molar-refractivity contribution is 5.24. The Kier molecular flexibility index (Phi) is 5.74. The van der Waals surface area contributed by atoms with Crippen molar-refractivity contribution in [3.8, 4) is 6.07 Å². The number of rotatable bonds is 4. The molecular formula is C21H33N3. The van der Waals surface area contributed by atoms with Crippen LogP contribution in [0.1, 0.15) is 77.0 Å². The number of nitrogens with zero attached hydrogens (tertiary/aromatic N) is 3. The van der Waals surface area contributed by atoms with Crippen LogP contribution in [0.4, 0.5) is 0 Å². The van der Waals surface area contributed by atoms with Gasteiger partial charge in [-0.05, 0) is 108 Å². The fourth-order valence-electron chi connectivity index (χ4n) is 5.80. The molecule has 0 aromatic heterocycles. The van der Waals surface area contributed by atoms with Crippen molar-refractivity contribution < 1.29 is 0 Å². The second-order valence-electron chi connectivity index (χ2n) is 8.54. The van der Waals surface area contributed by atoms with E-state index in [0.717, 1.165) is 37.5 Å². The molecule has 0 aliphatic heterocycles. The van der Waals surface area contributed by atoms with Crippen LogP contribution < -0.4 is 0 Å². The lowest BCUT2D eigenvalue weighted by Gasteiger charge is -2.45. The van der Waals surface area contributed by atoms with Gasteiger partial charge >= 0.3 is 0 Å². The Morgan fingerprint density at radius 2 is 1.17 bits per heavy atom. The molecule has 0 aromatic carbocycles. The van der Waals surface area contributed by atoms with Crippen LogP contribution in [0.2, 0.25) is 0 Å². The normalized spacial score (nSPS) is 43.5. The number of hydrogen-bond acceptors (Lipinski definition) is 3. The van der Waals surface area contributed by atoms with E-state index >= 15 is 0 Å². The van der Waals surface area contributed by atoms with Crippen molar-refractivity contribution in [1.29, 1.82) is 5.26 Å². The van der Waals surface area contributed by atoms with Crippen LogP contribution in [0.25, 0.3) is 0 Å². The molecule has 0 N–H and O–H groups in total. The van der Waals surface area contributed by atoms with Crippen LogP contribution in [0.15, 0.2) is 9.98 Å². The highest BCUT2D eigenvalue weighted by Crippen LogP contribution is 2.51. The smallest absolute Gasteiger partial charge is 0.0692 e. The summed E-state index contributed by atoms with van der Waals surface area (Å²) in [7, 11) is 0. The summed E-state index contributed by atoms with van der Waals surface area (Å²) < 4.78 is 0. The summed E-state index contributed by atoms with van der Waals surface area (Å²) in [6, 6.07) is 3.75. The van der Waals surface area contributed by atoms with Gasteiger partial charge in [0, 0.05) is 12.1 Å². The zero-order chi connectivity index (χ0) is 17.0. The molecule has 0 spiro atoms. The highest BCUT2D eigenvalue weighted by Gasteiger charge is 2.44. The van der Waals surface area contributed by atoms with Crippen LogP contribution in [-0.4, -0.2) is 25.5 Å². The molecule has 3 saturated carbocycles. The summed E-state index contributed by atoms with van der Waals surface area (Å²) >= 11 is 0. The minimum Gasteiger partial charge on any atom is -0.298 e. The van der Waals surface area contributed by atoms with E-state index in [4.69, 9.17) is 0 Å². The largest absolute Gasteiger partial charge is 0.298 e. The quantitative estimate of drug-likeness (QED) is 0.654. The van der Waals surface area contributed by atoms with E-state index in [2.05, 4.69) is 29.5 Å². The van der Waals surface area contributed by atoms with Crippen molar-refractivity contribution in [3.63, 3.8) is 0 Å². The van der Waals surface area contributed by atoms with E-state index in [0.29, 0.717) is 18.0 Å². The van der Waals surface area contributed by atoms with Crippen LogP contribution in [0.5, 0.6) is 0 Å². The third-order valence-electron chi connectivity index (χ3n) is 7.55. The zero-order valence-electron chi connectivity index (χ0n) is 15.1. The first kappa shape index (κ1) is 17.6. The second-order valence-corrected chi connectivity index (χ2v) is 8.54. The molecule has 24 heavy (non-hydrogen) atoms. The molecule has 3 fully saturated rings. The molecule has 3 aliphatic carbocycles. The lowest BCUT2D eigenvalue weighted by Crippen LogP contribution is -2.38. The predicted octanol–water partition coefficient (Wildman–Crippen LogP) is 5.21. The van der Waals surface area contributed by atoms with E-state index in [1.165, 1.54) is 51.4 Å². The Hall–Kier alpha value is -1.17. The summed E-state index contributed by atoms with van der Waals surface area (Å²) in [5, 5.41) is 9.97. The molecule has 0 saturated heterocycles. The maximum atomic E-state index is 9.97. The maximum absolute atomic E-state index is 9.97. The summed E-state index contributed by atoms with van der Waals surface area (Å²) in [5.41, 5.74) is -0.0392. The molecular weight excluding hydrogens is 294 g/mol. The Labute approximate surface area is 147 Å². The van der Waals surface area contributed by atoms with Gasteiger partial charge in [-0.3, -0.25) is 9.98 Å². The van der Waals surface area contributed by atoms with E-state index in [9.17, 15) is 5.26 Å². The molecule has 0 aromatic rings. The zero-order valence-corrected chi connectivity index (χ0v) is 15.1. The molecule has 0 heterocycles. The van der Waals surface area contributed by atoms with Gasteiger partial charge in [-0.15, -0.1) is 0 Å². The fourth-order valence-corrected chi connectivity index (χ4v) is 5.80. The van der Waals surface area contributed by atoms with Crippen LogP contribution >= 0.6 is 0 Å². The molecule has 3 aliphatic rings. The maximum Gasteiger partial charge on any atom is 0.0692 e. The van der Waals surface area contributed by atoms with Gasteiger partial charge in [0.05, 0.1) is 11.5 Å². The van der Waals surface area contributed by atoms with Gasteiger partial charge in [-0.1, -0.05) is 0 Å². The highest BCUT2D eigenvalue weighted by atomic mass is 14.8.